The molecule has 0 saturated carbocycles. The fourth-order valence-corrected chi connectivity index (χ4v) is 1.56. The minimum absolute atomic E-state index is 0.0930. The fraction of sp³-hybridized carbons (Fsp3) is 0.846. The Morgan fingerprint density at radius 1 is 1.24 bits per heavy atom. The highest BCUT2D eigenvalue weighted by Gasteiger charge is 1.98. The van der Waals surface area contributed by atoms with Crippen LogP contribution in [0.15, 0.2) is 0 Å². The van der Waals surface area contributed by atoms with Gasteiger partial charge < -0.3 is 10.6 Å². The summed E-state index contributed by atoms with van der Waals surface area (Å²) in [4.78, 5) is 11.1. The highest BCUT2D eigenvalue weighted by Crippen LogP contribution is 2.08. The van der Waals surface area contributed by atoms with Crippen molar-refractivity contribution in [3.63, 3.8) is 0 Å². The van der Waals surface area contributed by atoms with E-state index in [0.29, 0.717) is 6.54 Å². The third-order valence-electron chi connectivity index (χ3n) is 2.54. The first-order valence-corrected chi connectivity index (χ1v) is 6.51. The van der Waals surface area contributed by atoms with Gasteiger partial charge in [-0.25, -0.2) is 0 Å². The summed E-state index contributed by atoms with van der Waals surface area (Å²) in [5.41, 5.74) is 0. The van der Waals surface area contributed by atoms with Gasteiger partial charge in [0, 0.05) is 0 Å². The third-order valence-corrected chi connectivity index (χ3v) is 2.54. The van der Waals surface area contributed by atoms with Crippen molar-refractivity contribution in [3.05, 3.63) is 0 Å². The van der Waals surface area contributed by atoms with Gasteiger partial charge in [-0.1, -0.05) is 39.5 Å². The molecule has 98 valence electrons. The molecule has 0 aromatic carbocycles. The van der Waals surface area contributed by atoms with Gasteiger partial charge in [-0.05, 0) is 18.9 Å². The summed E-state index contributed by atoms with van der Waals surface area (Å²) in [6.07, 6.45) is 6.23. The lowest BCUT2D eigenvalue weighted by molar-refractivity contribution is -0.120. The van der Waals surface area contributed by atoms with Crippen LogP contribution in [0.4, 0.5) is 0 Å². The number of carbonyl (C=O) groups is 1. The molecular weight excluding hydrogens is 214 g/mol. The molecule has 0 rings (SSSR count). The van der Waals surface area contributed by atoms with Crippen LogP contribution in [0.5, 0.6) is 0 Å². The van der Waals surface area contributed by atoms with Crippen molar-refractivity contribution >= 4 is 5.91 Å². The van der Waals surface area contributed by atoms with E-state index in [-0.39, 0.29) is 12.5 Å². The zero-order valence-corrected chi connectivity index (χ0v) is 11.1. The van der Waals surface area contributed by atoms with Crippen molar-refractivity contribution in [3.8, 4) is 6.07 Å². The van der Waals surface area contributed by atoms with Crippen molar-refractivity contribution in [2.45, 2.75) is 46.0 Å². The Labute approximate surface area is 105 Å². The average Bonchev–Trinajstić information content (AvgIpc) is 2.29. The second-order valence-electron chi connectivity index (χ2n) is 4.71. The highest BCUT2D eigenvalue weighted by atomic mass is 16.1. The Bertz CT molecular complexity index is 233. The zero-order valence-electron chi connectivity index (χ0n) is 11.1. The summed E-state index contributed by atoms with van der Waals surface area (Å²) in [6.45, 7) is 5.79. The van der Waals surface area contributed by atoms with Gasteiger partial charge >= 0.3 is 0 Å². The van der Waals surface area contributed by atoms with Crippen LogP contribution in [-0.4, -0.2) is 25.5 Å². The average molecular weight is 239 g/mol. The first kappa shape index (κ1) is 15.9. The largest absolute Gasteiger partial charge is 0.342 e. The van der Waals surface area contributed by atoms with Crippen LogP contribution in [0.3, 0.4) is 0 Å². The van der Waals surface area contributed by atoms with E-state index in [2.05, 4.69) is 24.5 Å². The summed E-state index contributed by atoms with van der Waals surface area (Å²) < 4.78 is 0. The van der Waals surface area contributed by atoms with Crippen LogP contribution in [-0.2, 0) is 4.79 Å². The van der Waals surface area contributed by atoms with Gasteiger partial charge in [0.05, 0.1) is 12.6 Å². The molecule has 0 aromatic rings. The molecule has 0 bridgehead atoms. The van der Waals surface area contributed by atoms with Crippen molar-refractivity contribution < 1.29 is 4.79 Å². The molecule has 0 aliphatic heterocycles. The van der Waals surface area contributed by atoms with Gasteiger partial charge in [-0.2, -0.15) is 5.26 Å². The molecule has 0 aliphatic rings. The topological polar surface area (TPSA) is 64.9 Å². The number of hydrogen-bond acceptors (Lipinski definition) is 3. The van der Waals surface area contributed by atoms with E-state index >= 15 is 0 Å². The minimum atomic E-state index is -0.105. The Balaban J connectivity index is 3.13. The first-order chi connectivity index (χ1) is 8.16. The maximum Gasteiger partial charge on any atom is 0.234 e. The number of hydrogen-bond donors (Lipinski definition) is 2. The molecule has 0 aromatic heterocycles. The summed E-state index contributed by atoms with van der Waals surface area (Å²) in [7, 11) is 0. The van der Waals surface area contributed by atoms with E-state index < -0.39 is 0 Å². The maximum atomic E-state index is 11.1. The second-order valence-corrected chi connectivity index (χ2v) is 4.71. The van der Waals surface area contributed by atoms with Crippen molar-refractivity contribution in [2.24, 2.45) is 5.92 Å². The summed E-state index contributed by atoms with van der Waals surface area (Å²) >= 11 is 0. The number of nitrogens with zero attached hydrogens (tertiary/aromatic N) is 1. The molecule has 0 aliphatic carbocycles. The SMILES string of the molecule is CC(C)CCCCCCNCC(=O)NCC#N. The van der Waals surface area contributed by atoms with E-state index in [4.69, 9.17) is 5.26 Å². The number of nitrogens with one attached hydrogen (secondary N) is 2. The van der Waals surface area contributed by atoms with E-state index in [0.717, 1.165) is 18.9 Å². The highest BCUT2D eigenvalue weighted by molar-refractivity contribution is 5.78. The Kier molecular flexibility index (Phi) is 10.7. The summed E-state index contributed by atoms with van der Waals surface area (Å²) in [5, 5.41) is 13.8. The minimum Gasteiger partial charge on any atom is -0.342 e. The quantitative estimate of drug-likeness (QED) is 0.451. The molecule has 4 nitrogen and oxygen atoms in total. The predicted octanol–water partition coefficient (Wildman–Crippen LogP) is 1.82. The number of carbonyl (C=O) groups excluding carboxylic acids is 1. The fourth-order valence-electron chi connectivity index (χ4n) is 1.56. The Morgan fingerprint density at radius 3 is 2.59 bits per heavy atom. The molecule has 17 heavy (non-hydrogen) atoms. The summed E-state index contributed by atoms with van der Waals surface area (Å²) in [6, 6.07) is 1.87. The zero-order chi connectivity index (χ0) is 12.9. The normalized spacial score (nSPS) is 10.2. The molecule has 4 heteroatoms. The van der Waals surface area contributed by atoms with Crippen LogP contribution in [0.2, 0.25) is 0 Å². The molecule has 0 fully saturated rings. The third kappa shape index (κ3) is 12.9. The van der Waals surface area contributed by atoms with Gasteiger partial charge in [-0.3, -0.25) is 4.79 Å². The van der Waals surface area contributed by atoms with Crippen molar-refractivity contribution in [1.29, 1.82) is 5.26 Å². The molecule has 1 amide bonds. The molecule has 0 atom stereocenters. The Hall–Kier alpha value is -1.08. The van der Waals surface area contributed by atoms with E-state index in [1.165, 1.54) is 25.7 Å². The molecule has 2 N–H and O–H groups in total. The van der Waals surface area contributed by atoms with Gasteiger partial charge in [0.2, 0.25) is 5.91 Å². The number of unbranched alkanes of at least 4 members (excludes halogenated alkanes) is 3. The standard InChI is InChI=1S/C13H25N3O/c1-12(2)7-5-3-4-6-9-15-11-13(17)16-10-8-14/h12,15H,3-7,9-11H2,1-2H3,(H,16,17). The second kappa shape index (κ2) is 11.4. The van der Waals surface area contributed by atoms with Gasteiger partial charge in [0.1, 0.15) is 6.54 Å². The maximum absolute atomic E-state index is 11.1. The predicted molar refractivity (Wildman–Crippen MR) is 69.4 cm³/mol. The van der Waals surface area contributed by atoms with E-state index in [9.17, 15) is 4.79 Å². The number of nitriles is 1. The van der Waals surface area contributed by atoms with Crippen LogP contribution in [0, 0.1) is 17.2 Å². The lowest BCUT2D eigenvalue weighted by Gasteiger charge is -2.05. The van der Waals surface area contributed by atoms with E-state index in [1.807, 2.05) is 6.07 Å². The monoisotopic (exact) mass is 239 g/mol. The number of rotatable bonds is 10. The van der Waals surface area contributed by atoms with Gasteiger partial charge in [-0.15, -0.1) is 0 Å². The lowest BCUT2D eigenvalue weighted by Crippen LogP contribution is -2.34. The Morgan fingerprint density at radius 2 is 1.94 bits per heavy atom. The molecular formula is C13H25N3O. The van der Waals surface area contributed by atoms with Crippen LogP contribution in [0.1, 0.15) is 46.0 Å². The molecule has 0 radical (unpaired) electrons. The molecule has 0 spiro atoms. The molecule has 0 heterocycles. The van der Waals surface area contributed by atoms with Crippen LogP contribution in [0.25, 0.3) is 0 Å². The smallest absolute Gasteiger partial charge is 0.234 e. The van der Waals surface area contributed by atoms with Gasteiger partial charge in [0.15, 0.2) is 0 Å². The van der Waals surface area contributed by atoms with Crippen LogP contribution >= 0.6 is 0 Å². The van der Waals surface area contributed by atoms with Crippen molar-refractivity contribution in [1.82, 2.24) is 10.6 Å². The summed E-state index contributed by atoms with van der Waals surface area (Å²) in [5.74, 6) is 0.698. The van der Waals surface area contributed by atoms with Gasteiger partial charge in [0.25, 0.3) is 0 Å². The van der Waals surface area contributed by atoms with Crippen LogP contribution < -0.4 is 10.6 Å². The molecule has 0 saturated heterocycles. The number of amides is 1. The lowest BCUT2D eigenvalue weighted by atomic mass is 10.0. The van der Waals surface area contributed by atoms with E-state index in [1.54, 1.807) is 0 Å². The first-order valence-electron chi connectivity index (χ1n) is 6.51. The molecule has 0 unspecified atom stereocenters. The van der Waals surface area contributed by atoms with Crippen molar-refractivity contribution in [2.75, 3.05) is 19.6 Å².